The summed E-state index contributed by atoms with van der Waals surface area (Å²) in [7, 11) is 0. The van der Waals surface area contributed by atoms with Crippen LogP contribution < -0.4 is 5.32 Å². The van der Waals surface area contributed by atoms with Gasteiger partial charge >= 0.3 is 0 Å². The second-order valence-corrected chi connectivity index (χ2v) is 4.89. The predicted molar refractivity (Wildman–Crippen MR) is 73.8 cm³/mol. The molecule has 0 bridgehead atoms. The monoisotopic (exact) mass is 271 g/mol. The van der Waals surface area contributed by atoms with E-state index in [9.17, 15) is 4.79 Å². The number of hydrogen-bond acceptors (Lipinski definition) is 2. The molecule has 1 N–H and O–H groups in total. The van der Waals surface area contributed by atoms with Gasteiger partial charge in [0, 0.05) is 25.3 Å². The summed E-state index contributed by atoms with van der Waals surface area (Å²) in [4.78, 5) is 11.7. The van der Waals surface area contributed by atoms with Crippen molar-refractivity contribution in [3.63, 3.8) is 0 Å². The van der Waals surface area contributed by atoms with Crippen LogP contribution in [0.15, 0.2) is 22.8 Å². The summed E-state index contributed by atoms with van der Waals surface area (Å²) >= 11 is 5.75. The molecule has 0 aliphatic heterocycles. The number of carbonyl (C=O) groups excluding carboxylic acids is 1. The quantitative estimate of drug-likeness (QED) is 0.700. The molecular formula is C14H22ClNO2. The average molecular weight is 272 g/mol. The molecule has 1 rings (SSSR count). The van der Waals surface area contributed by atoms with Crippen LogP contribution in [0.4, 0.5) is 0 Å². The summed E-state index contributed by atoms with van der Waals surface area (Å²) in [5.74, 6) is 2.10. The van der Waals surface area contributed by atoms with Gasteiger partial charge in [-0.3, -0.25) is 4.79 Å². The van der Waals surface area contributed by atoms with Crippen LogP contribution in [-0.4, -0.2) is 18.3 Å². The molecule has 102 valence electrons. The maximum atomic E-state index is 11.7. The first kappa shape index (κ1) is 15.1. The van der Waals surface area contributed by atoms with E-state index in [1.807, 2.05) is 12.1 Å². The normalized spacial score (nSPS) is 12.3. The molecule has 0 aliphatic rings. The zero-order chi connectivity index (χ0) is 13.2. The van der Waals surface area contributed by atoms with Crippen LogP contribution in [0.1, 0.15) is 38.4 Å². The van der Waals surface area contributed by atoms with Crippen molar-refractivity contribution in [3.8, 4) is 0 Å². The van der Waals surface area contributed by atoms with Gasteiger partial charge in [-0.25, -0.2) is 0 Å². The Kier molecular flexibility index (Phi) is 7.58. The van der Waals surface area contributed by atoms with Crippen molar-refractivity contribution < 1.29 is 9.21 Å². The predicted octanol–water partition coefficient (Wildman–Crippen LogP) is 3.37. The number of nitrogens with one attached hydrogen (secondary N) is 1. The summed E-state index contributed by atoms with van der Waals surface area (Å²) in [6, 6.07) is 3.73. The Balaban J connectivity index is 2.18. The second-order valence-electron chi connectivity index (χ2n) is 4.52. The maximum absolute atomic E-state index is 11.7. The van der Waals surface area contributed by atoms with Crippen LogP contribution in [0.25, 0.3) is 0 Å². The first-order valence-electron chi connectivity index (χ1n) is 6.61. The minimum atomic E-state index is 0.0853. The Morgan fingerprint density at radius 1 is 1.50 bits per heavy atom. The van der Waals surface area contributed by atoms with Gasteiger partial charge < -0.3 is 9.73 Å². The van der Waals surface area contributed by atoms with Crippen molar-refractivity contribution in [2.45, 2.75) is 39.0 Å². The molecule has 1 aromatic rings. The van der Waals surface area contributed by atoms with Gasteiger partial charge in [-0.2, -0.15) is 0 Å². The molecule has 4 heteroatoms. The fraction of sp³-hybridized carbons (Fsp3) is 0.643. The Hall–Kier alpha value is -0.960. The van der Waals surface area contributed by atoms with E-state index in [1.54, 1.807) is 6.26 Å². The van der Waals surface area contributed by atoms with Crippen LogP contribution in [0, 0.1) is 5.92 Å². The van der Waals surface area contributed by atoms with Gasteiger partial charge in [0.25, 0.3) is 0 Å². The van der Waals surface area contributed by atoms with Gasteiger partial charge in [0.15, 0.2) is 0 Å². The van der Waals surface area contributed by atoms with Gasteiger partial charge in [-0.05, 0) is 30.9 Å². The molecule has 1 unspecified atom stereocenters. The first-order chi connectivity index (χ1) is 8.76. The van der Waals surface area contributed by atoms with Gasteiger partial charge in [0.05, 0.1) is 6.26 Å². The van der Waals surface area contributed by atoms with Gasteiger partial charge in [0.1, 0.15) is 5.76 Å². The molecule has 1 heterocycles. The third-order valence-electron chi connectivity index (χ3n) is 2.98. The molecule has 0 aliphatic carbocycles. The van der Waals surface area contributed by atoms with E-state index in [1.165, 1.54) is 0 Å². The molecule has 18 heavy (non-hydrogen) atoms. The molecular weight excluding hydrogens is 250 g/mol. The van der Waals surface area contributed by atoms with Crippen LogP contribution >= 0.6 is 11.6 Å². The fourth-order valence-corrected chi connectivity index (χ4v) is 2.26. The number of carbonyl (C=O) groups is 1. The molecule has 0 aromatic carbocycles. The van der Waals surface area contributed by atoms with Gasteiger partial charge in [0.2, 0.25) is 5.91 Å². The van der Waals surface area contributed by atoms with Crippen LogP contribution in [-0.2, 0) is 11.2 Å². The van der Waals surface area contributed by atoms with Crippen LogP contribution in [0.2, 0.25) is 0 Å². The topological polar surface area (TPSA) is 42.2 Å². The zero-order valence-corrected chi connectivity index (χ0v) is 11.7. The summed E-state index contributed by atoms with van der Waals surface area (Å²) in [5.41, 5.74) is 0. The van der Waals surface area contributed by atoms with Crippen molar-refractivity contribution in [2.75, 3.05) is 12.4 Å². The Morgan fingerprint density at radius 3 is 2.94 bits per heavy atom. The number of halogens is 1. The van der Waals surface area contributed by atoms with E-state index in [4.69, 9.17) is 16.0 Å². The largest absolute Gasteiger partial charge is 0.469 e. The molecule has 0 saturated heterocycles. The fourth-order valence-electron chi connectivity index (χ4n) is 1.95. The standard InChI is InChI=1S/C14H22ClNO2/c1-2-4-12(8-9-15)11-16-14(17)7-6-13-5-3-10-18-13/h3,5,10,12H,2,4,6-9,11H2,1H3,(H,16,17). The van der Waals surface area contributed by atoms with Crippen molar-refractivity contribution >= 4 is 17.5 Å². The van der Waals surface area contributed by atoms with Crippen molar-refractivity contribution in [2.24, 2.45) is 5.92 Å². The molecule has 0 fully saturated rings. The molecule has 3 nitrogen and oxygen atoms in total. The SMILES string of the molecule is CCCC(CCCl)CNC(=O)CCc1ccco1. The lowest BCUT2D eigenvalue weighted by Gasteiger charge is -2.15. The maximum Gasteiger partial charge on any atom is 0.220 e. The van der Waals surface area contributed by atoms with E-state index >= 15 is 0 Å². The van der Waals surface area contributed by atoms with E-state index in [0.29, 0.717) is 24.6 Å². The second kappa shape index (κ2) is 9.03. The number of alkyl halides is 1. The van der Waals surface area contributed by atoms with Crippen molar-refractivity contribution in [1.29, 1.82) is 0 Å². The van der Waals surface area contributed by atoms with E-state index in [2.05, 4.69) is 12.2 Å². The number of amides is 1. The molecule has 1 amide bonds. The van der Waals surface area contributed by atoms with Crippen LogP contribution in [0.3, 0.4) is 0 Å². The summed E-state index contributed by atoms with van der Waals surface area (Å²) < 4.78 is 5.19. The first-order valence-corrected chi connectivity index (χ1v) is 7.14. The van der Waals surface area contributed by atoms with E-state index < -0.39 is 0 Å². The summed E-state index contributed by atoms with van der Waals surface area (Å²) in [6.07, 6.45) is 5.98. The van der Waals surface area contributed by atoms with Crippen molar-refractivity contribution in [1.82, 2.24) is 5.32 Å². The summed E-state index contributed by atoms with van der Waals surface area (Å²) in [6.45, 7) is 2.89. The number of rotatable bonds is 9. The van der Waals surface area contributed by atoms with E-state index in [-0.39, 0.29) is 5.91 Å². The highest BCUT2D eigenvalue weighted by atomic mass is 35.5. The third kappa shape index (κ3) is 6.10. The lowest BCUT2D eigenvalue weighted by molar-refractivity contribution is -0.121. The van der Waals surface area contributed by atoms with Crippen LogP contribution in [0.5, 0.6) is 0 Å². The summed E-state index contributed by atoms with van der Waals surface area (Å²) in [5, 5.41) is 2.98. The molecule has 1 atom stereocenters. The molecule has 0 spiro atoms. The Bertz CT molecular complexity index is 319. The molecule has 0 radical (unpaired) electrons. The third-order valence-corrected chi connectivity index (χ3v) is 3.20. The Morgan fingerprint density at radius 2 is 2.33 bits per heavy atom. The Labute approximate surface area is 114 Å². The van der Waals surface area contributed by atoms with Gasteiger partial charge in [-0.1, -0.05) is 13.3 Å². The number of hydrogen-bond donors (Lipinski definition) is 1. The molecule has 0 saturated carbocycles. The minimum Gasteiger partial charge on any atom is -0.469 e. The average Bonchev–Trinajstić information content (AvgIpc) is 2.87. The van der Waals surface area contributed by atoms with Gasteiger partial charge in [-0.15, -0.1) is 11.6 Å². The lowest BCUT2D eigenvalue weighted by atomic mass is 10.0. The van der Waals surface area contributed by atoms with Crippen molar-refractivity contribution in [3.05, 3.63) is 24.2 Å². The zero-order valence-electron chi connectivity index (χ0n) is 11.0. The smallest absolute Gasteiger partial charge is 0.220 e. The highest BCUT2D eigenvalue weighted by Gasteiger charge is 2.09. The van der Waals surface area contributed by atoms with E-state index in [0.717, 1.165) is 31.6 Å². The minimum absolute atomic E-state index is 0.0853. The number of aryl methyl sites for hydroxylation is 1. The highest BCUT2D eigenvalue weighted by molar-refractivity contribution is 6.17. The lowest BCUT2D eigenvalue weighted by Crippen LogP contribution is -2.29. The highest BCUT2D eigenvalue weighted by Crippen LogP contribution is 2.11. The number of furan rings is 1. The molecule has 1 aromatic heterocycles.